The van der Waals surface area contributed by atoms with Gasteiger partial charge in [-0.2, -0.15) is 0 Å². The second kappa shape index (κ2) is 7.68. The Morgan fingerprint density at radius 1 is 1.43 bits per heavy atom. The van der Waals surface area contributed by atoms with E-state index < -0.39 is 29.9 Å². The minimum absolute atomic E-state index is 0.137. The van der Waals surface area contributed by atoms with Crippen molar-refractivity contribution in [1.82, 2.24) is 0 Å². The van der Waals surface area contributed by atoms with Crippen LogP contribution in [0.2, 0.25) is 0 Å². The Labute approximate surface area is 138 Å². The van der Waals surface area contributed by atoms with Crippen molar-refractivity contribution < 1.29 is 18.7 Å². The average Bonchev–Trinajstić information content (AvgIpc) is 2.97. The lowest BCUT2D eigenvalue weighted by molar-refractivity contribution is -0.127. The van der Waals surface area contributed by atoms with Crippen LogP contribution in [-0.2, 0) is 11.2 Å². The molecule has 0 bridgehead atoms. The van der Waals surface area contributed by atoms with E-state index in [9.17, 15) is 18.7 Å². The fourth-order valence-corrected chi connectivity index (χ4v) is 4.02. The minimum Gasteiger partial charge on any atom is -0.391 e. The molecule has 5 N–H and O–H groups in total. The number of carbonyl (C=O) groups is 1. The molecule has 3 unspecified atom stereocenters. The summed E-state index contributed by atoms with van der Waals surface area (Å²) < 4.78 is 26.5. The van der Waals surface area contributed by atoms with Gasteiger partial charge < -0.3 is 16.6 Å². The van der Waals surface area contributed by atoms with Crippen LogP contribution in [-0.4, -0.2) is 29.1 Å². The number of aliphatic hydroxyl groups excluding tert-OH is 1. The van der Waals surface area contributed by atoms with Crippen LogP contribution >= 0.6 is 11.3 Å². The molecule has 23 heavy (non-hydrogen) atoms. The summed E-state index contributed by atoms with van der Waals surface area (Å²) in [4.78, 5) is 12.8. The molecule has 1 amide bonds. The normalized spacial score (nSPS) is 22.4. The molecular formula is C16H24F2N2O2S. The molecule has 1 fully saturated rings. The molecule has 0 aromatic carbocycles. The van der Waals surface area contributed by atoms with Crippen molar-refractivity contribution in [3.05, 3.63) is 22.4 Å². The standard InChI is InChI=1S/C16H24F2N2O2S/c17-16(18)5-3-10(4-6-16)12(15(20)22)9-14(21)13(19)8-11-2-1-7-23-11/h1-2,7,10,12-14,21H,3-6,8-9,19H2,(H2,20,22). The van der Waals surface area contributed by atoms with Crippen molar-refractivity contribution in [2.45, 2.75) is 56.6 Å². The summed E-state index contributed by atoms with van der Waals surface area (Å²) in [5, 5.41) is 12.2. The molecule has 2 rings (SSSR count). The molecule has 1 saturated carbocycles. The molecule has 3 atom stereocenters. The van der Waals surface area contributed by atoms with Gasteiger partial charge in [0.15, 0.2) is 0 Å². The lowest BCUT2D eigenvalue weighted by atomic mass is 9.75. The molecule has 1 aromatic rings. The van der Waals surface area contributed by atoms with Gasteiger partial charge in [-0.25, -0.2) is 8.78 Å². The summed E-state index contributed by atoms with van der Waals surface area (Å²) in [5.74, 6) is -3.99. The van der Waals surface area contributed by atoms with Crippen LogP contribution in [0.25, 0.3) is 0 Å². The fourth-order valence-electron chi connectivity index (χ4n) is 3.24. The highest BCUT2D eigenvalue weighted by Crippen LogP contribution is 2.40. The predicted octanol–water partition coefficient (Wildman–Crippen LogP) is 2.30. The summed E-state index contributed by atoms with van der Waals surface area (Å²) in [6.45, 7) is 0. The highest BCUT2D eigenvalue weighted by molar-refractivity contribution is 7.09. The molecule has 0 radical (unpaired) electrons. The number of halogens is 2. The first-order valence-corrected chi connectivity index (χ1v) is 8.79. The zero-order chi connectivity index (χ0) is 17.0. The van der Waals surface area contributed by atoms with Crippen LogP contribution in [0.4, 0.5) is 8.78 Å². The third-order valence-electron chi connectivity index (χ3n) is 4.70. The fraction of sp³-hybridized carbons (Fsp3) is 0.688. The number of aliphatic hydroxyl groups is 1. The van der Waals surface area contributed by atoms with E-state index in [1.165, 1.54) is 0 Å². The van der Waals surface area contributed by atoms with Gasteiger partial charge in [-0.1, -0.05) is 6.07 Å². The predicted molar refractivity (Wildman–Crippen MR) is 86.2 cm³/mol. The van der Waals surface area contributed by atoms with E-state index in [4.69, 9.17) is 11.5 Å². The smallest absolute Gasteiger partial charge is 0.248 e. The van der Waals surface area contributed by atoms with Crippen molar-refractivity contribution in [3.8, 4) is 0 Å². The first-order chi connectivity index (χ1) is 10.8. The number of alkyl halides is 2. The summed E-state index contributed by atoms with van der Waals surface area (Å²) in [7, 11) is 0. The van der Waals surface area contributed by atoms with Crippen LogP contribution < -0.4 is 11.5 Å². The molecule has 130 valence electrons. The van der Waals surface area contributed by atoms with Gasteiger partial charge in [-0.15, -0.1) is 11.3 Å². The molecule has 0 spiro atoms. The van der Waals surface area contributed by atoms with E-state index in [2.05, 4.69) is 0 Å². The first kappa shape index (κ1) is 18.3. The number of amides is 1. The molecule has 0 saturated heterocycles. The monoisotopic (exact) mass is 346 g/mol. The molecule has 4 nitrogen and oxygen atoms in total. The van der Waals surface area contributed by atoms with Gasteiger partial charge in [0, 0.05) is 29.7 Å². The van der Waals surface area contributed by atoms with Crippen LogP contribution in [0, 0.1) is 11.8 Å². The summed E-state index contributed by atoms with van der Waals surface area (Å²) in [5.41, 5.74) is 11.5. The van der Waals surface area contributed by atoms with Gasteiger partial charge in [0.2, 0.25) is 11.8 Å². The van der Waals surface area contributed by atoms with Crippen molar-refractivity contribution in [2.24, 2.45) is 23.3 Å². The van der Waals surface area contributed by atoms with Crippen LogP contribution in [0.3, 0.4) is 0 Å². The molecule has 7 heteroatoms. The van der Waals surface area contributed by atoms with Crippen LogP contribution in [0.15, 0.2) is 17.5 Å². The second-order valence-electron chi connectivity index (χ2n) is 6.45. The van der Waals surface area contributed by atoms with Gasteiger partial charge in [-0.3, -0.25) is 4.79 Å². The van der Waals surface area contributed by atoms with E-state index in [1.807, 2.05) is 17.5 Å². The van der Waals surface area contributed by atoms with Gasteiger partial charge in [0.1, 0.15) is 0 Å². The van der Waals surface area contributed by atoms with E-state index in [0.29, 0.717) is 6.42 Å². The van der Waals surface area contributed by atoms with Crippen molar-refractivity contribution in [3.63, 3.8) is 0 Å². The van der Waals surface area contributed by atoms with Crippen molar-refractivity contribution >= 4 is 17.2 Å². The quantitative estimate of drug-likeness (QED) is 0.708. The number of nitrogens with two attached hydrogens (primary N) is 2. The summed E-state index contributed by atoms with van der Waals surface area (Å²) in [6, 6.07) is 3.35. The lowest BCUT2D eigenvalue weighted by Crippen LogP contribution is -2.42. The van der Waals surface area contributed by atoms with Gasteiger partial charge in [0.05, 0.1) is 6.10 Å². The van der Waals surface area contributed by atoms with E-state index in [1.54, 1.807) is 11.3 Å². The third-order valence-corrected chi connectivity index (χ3v) is 5.60. The Morgan fingerprint density at radius 2 is 2.09 bits per heavy atom. The maximum atomic E-state index is 13.3. The molecular weight excluding hydrogens is 322 g/mol. The van der Waals surface area contributed by atoms with Gasteiger partial charge in [0.25, 0.3) is 0 Å². The van der Waals surface area contributed by atoms with E-state index >= 15 is 0 Å². The number of thiophene rings is 1. The Bertz CT molecular complexity index is 500. The number of carbonyl (C=O) groups excluding carboxylic acids is 1. The zero-order valence-electron chi connectivity index (χ0n) is 13.0. The number of hydrogen-bond acceptors (Lipinski definition) is 4. The van der Waals surface area contributed by atoms with E-state index in [-0.39, 0.29) is 38.0 Å². The Kier molecular flexibility index (Phi) is 6.11. The third kappa shape index (κ3) is 5.22. The average molecular weight is 346 g/mol. The SMILES string of the molecule is NC(=O)C(CC(O)C(N)Cc1cccs1)C1CCC(F)(F)CC1. The number of rotatable bonds is 7. The lowest BCUT2D eigenvalue weighted by Gasteiger charge is -2.33. The van der Waals surface area contributed by atoms with Gasteiger partial charge in [-0.05, 0) is 43.0 Å². The van der Waals surface area contributed by atoms with E-state index in [0.717, 1.165) is 4.88 Å². The molecule has 1 heterocycles. The van der Waals surface area contributed by atoms with Crippen molar-refractivity contribution in [1.29, 1.82) is 0 Å². The topological polar surface area (TPSA) is 89.3 Å². The highest BCUT2D eigenvalue weighted by Gasteiger charge is 2.40. The maximum absolute atomic E-state index is 13.3. The highest BCUT2D eigenvalue weighted by atomic mass is 32.1. The van der Waals surface area contributed by atoms with Crippen molar-refractivity contribution in [2.75, 3.05) is 0 Å². The van der Waals surface area contributed by atoms with Crippen LogP contribution in [0.1, 0.15) is 37.0 Å². The number of hydrogen-bond donors (Lipinski definition) is 3. The summed E-state index contributed by atoms with van der Waals surface area (Å²) in [6.07, 6.45) is -0.152. The largest absolute Gasteiger partial charge is 0.391 e. The minimum atomic E-state index is -2.65. The van der Waals surface area contributed by atoms with Gasteiger partial charge >= 0.3 is 0 Å². The Balaban J connectivity index is 1.92. The molecule has 1 aromatic heterocycles. The second-order valence-corrected chi connectivity index (χ2v) is 7.48. The number of primary amides is 1. The Morgan fingerprint density at radius 3 is 2.61 bits per heavy atom. The molecule has 1 aliphatic carbocycles. The maximum Gasteiger partial charge on any atom is 0.248 e. The zero-order valence-corrected chi connectivity index (χ0v) is 13.8. The molecule has 0 aliphatic heterocycles. The Hall–Kier alpha value is -1.05. The molecule has 1 aliphatic rings. The first-order valence-electron chi connectivity index (χ1n) is 7.91. The van der Waals surface area contributed by atoms with Crippen LogP contribution in [0.5, 0.6) is 0 Å². The summed E-state index contributed by atoms with van der Waals surface area (Å²) >= 11 is 1.56.